The highest BCUT2D eigenvalue weighted by Crippen LogP contribution is 2.32. The average Bonchev–Trinajstić information content (AvgIpc) is 2.99. The lowest BCUT2D eigenvalue weighted by molar-refractivity contribution is -0.130. The number of benzene rings is 2. The summed E-state index contributed by atoms with van der Waals surface area (Å²) in [5, 5.41) is 0. The molecule has 0 saturated heterocycles. The van der Waals surface area contributed by atoms with Gasteiger partial charge in [0.25, 0.3) is 0 Å². The van der Waals surface area contributed by atoms with Crippen LogP contribution in [0, 0.1) is 0 Å². The third kappa shape index (κ3) is 6.93. The predicted octanol–water partition coefficient (Wildman–Crippen LogP) is 0.217. The largest absolute Gasteiger partial charge is 1.00 e. The van der Waals surface area contributed by atoms with E-state index in [0.29, 0.717) is 17.9 Å². The van der Waals surface area contributed by atoms with Crippen molar-refractivity contribution in [3.8, 4) is 23.0 Å². The van der Waals surface area contributed by atoms with Crippen LogP contribution in [0.15, 0.2) is 30.3 Å². The lowest BCUT2D eigenvalue weighted by Crippen LogP contribution is -3.00. The van der Waals surface area contributed by atoms with E-state index in [1.165, 1.54) is 5.56 Å². The Kier molecular flexibility index (Phi) is 10.8. The van der Waals surface area contributed by atoms with Crippen LogP contribution in [0.3, 0.4) is 0 Å². The van der Waals surface area contributed by atoms with Gasteiger partial charge in [0.1, 0.15) is 0 Å². The topological polar surface area (TPSA) is 60.5 Å². The van der Waals surface area contributed by atoms with Crippen LogP contribution in [-0.2, 0) is 24.1 Å². The van der Waals surface area contributed by atoms with Gasteiger partial charge in [-0.1, -0.05) is 6.07 Å². The highest BCUT2D eigenvalue weighted by atomic mass is 35.5. The van der Waals surface area contributed by atoms with E-state index in [1.54, 1.807) is 28.4 Å². The standard InChI is InChI=1S/C26H36N2O5.ClH/c1-27(13-9-19-7-8-22(30-2)23(15-19)31-3)11-6-12-28-14-10-20-16-24(32-4)25(33-5)17-21(20)18-26(28)29;/h7-8,15-17H,6,9-14,18H2,1-5H3;1H/p-1. The van der Waals surface area contributed by atoms with Gasteiger partial charge in [-0.25, -0.2) is 0 Å². The van der Waals surface area contributed by atoms with Crippen molar-refractivity contribution < 1.29 is 36.1 Å². The van der Waals surface area contributed by atoms with Gasteiger partial charge in [-0.15, -0.1) is 0 Å². The number of carbonyl (C=O) groups is 1. The molecule has 34 heavy (non-hydrogen) atoms. The van der Waals surface area contributed by atoms with Gasteiger partial charge in [0, 0.05) is 19.6 Å². The highest BCUT2D eigenvalue weighted by molar-refractivity contribution is 5.80. The number of amides is 1. The molecule has 188 valence electrons. The van der Waals surface area contributed by atoms with E-state index < -0.39 is 0 Å². The third-order valence-electron chi connectivity index (χ3n) is 6.25. The lowest BCUT2D eigenvalue weighted by Gasteiger charge is -2.23. The fourth-order valence-electron chi connectivity index (χ4n) is 4.25. The molecule has 0 unspecified atom stereocenters. The van der Waals surface area contributed by atoms with Gasteiger partial charge >= 0.3 is 0 Å². The van der Waals surface area contributed by atoms with Crippen LogP contribution in [0.5, 0.6) is 23.0 Å². The quantitative estimate of drug-likeness (QED) is 0.448. The van der Waals surface area contributed by atoms with Gasteiger partial charge < -0.3 is 41.2 Å². The number of nitrogens with zero attached hydrogens (tertiary/aromatic N) is 2. The van der Waals surface area contributed by atoms with Crippen LogP contribution in [0.2, 0.25) is 0 Å². The Morgan fingerprint density at radius 2 is 1.47 bits per heavy atom. The zero-order valence-electron chi connectivity index (χ0n) is 20.9. The number of halogens is 1. The van der Waals surface area contributed by atoms with Crippen molar-refractivity contribution in [3.63, 3.8) is 0 Å². The van der Waals surface area contributed by atoms with E-state index >= 15 is 0 Å². The summed E-state index contributed by atoms with van der Waals surface area (Å²) >= 11 is 0. The second kappa shape index (κ2) is 13.3. The van der Waals surface area contributed by atoms with Gasteiger partial charge in [0.2, 0.25) is 5.91 Å². The van der Waals surface area contributed by atoms with Gasteiger partial charge in [0.05, 0.1) is 34.9 Å². The van der Waals surface area contributed by atoms with E-state index in [0.717, 1.165) is 68.1 Å². The highest BCUT2D eigenvalue weighted by Gasteiger charge is 2.22. The lowest BCUT2D eigenvalue weighted by atomic mass is 10.0. The summed E-state index contributed by atoms with van der Waals surface area (Å²) in [7, 11) is 8.69. The second-order valence-electron chi connectivity index (χ2n) is 8.38. The summed E-state index contributed by atoms with van der Waals surface area (Å²) < 4.78 is 21.5. The van der Waals surface area contributed by atoms with Crippen molar-refractivity contribution in [1.82, 2.24) is 9.80 Å². The number of carbonyl (C=O) groups excluding carboxylic acids is 1. The van der Waals surface area contributed by atoms with Crippen LogP contribution >= 0.6 is 0 Å². The molecule has 0 aliphatic carbocycles. The number of hydrogen-bond acceptors (Lipinski definition) is 6. The minimum absolute atomic E-state index is 0. The molecule has 1 aliphatic heterocycles. The molecule has 1 heterocycles. The van der Waals surface area contributed by atoms with Crippen LogP contribution in [0.1, 0.15) is 23.1 Å². The molecule has 2 aromatic rings. The Morgan fingerprint density at radius 1 is 0.853 bits per heavy atom. The van der Waals surface area contributed by atoms with E-state index in [1.807, 2.05) is 29.2 Å². The smallest absolute Gasteiger partial charge is 0.227 e. The molecule has 0 aromatic heterocycles. The molecule has 7 nitrogen and oxygen atoms in total. The van der Waals surface area contributed by atoms with Crippen LogP contribution in [0.4, 0.5) is 0 Å². The molecule has 0 bridgehead atoms. The first-order valence-corrected chi connectivity index (χ1v) is 11.4. The van der Waals surface area contributed by atoms with Gasteiger partial charge in [-0.05, 0) is 73.8 Å². The summed E-state index contributed by atoms with van der Waals surface area (Å²) in [5.41, 5.74) is 3.41. The summed E-state index contributed by atoms with van der Waals surface area (Å²) in [4.78, 5) is 17.1. The molecule has 0 spiro atoms. The minimum Gasteiger partial charge on any atom is -1.00 e. The third-order valence-corrected chi connectivity index (χ3v) is 6.25. The number of rotatable bonds is 11. The first kappa shape index (κ1) is 27.6. The molecular weight excluding hydrogens is 456 g/mol. The summed E-state index contributed by atoms with van der Waals surface area (Å²) in [6.07, 6.45) is 3.11. The number of methoxy groups -OCH3 is 4. The molecule has 2 aromatic carbocycles. The molecule has 0 saturated carbocycles. The SMILES string of the molecule is COc1ccc(CCN(C)CCCN2CCc3cc(OC)c(OC)cc3CC2=O)cc1OC.[Cl-]. The molecule has 0 fully saturated rings. The Hall–Kier alpha value is -2.64. The molecule has 8 heteroatoms. The molecule has 3 rings (SSSR count). The van der Waals surface area contributed by atoms with E-state index in [-0.39, 0.29) is 18.3 Å². The monoisotopic (exact) mass is 491 g/mol. The Balaban J connectivity index is 0.00000408. The number of hydrogen-bond donors (Lipinski definition) is 0. The summed E-state index contributed by atoms with van der Waals surface area (Å²) in [5.74, 6) is 3.07. The maximum absolute atomic E-state index is 12.8. The molecule has 0 N–H and O–H groups in total. The van der Waals surface area contributed by atoms with Gasteiger partial charge in [0.15, 0.2) is 23.0 Å². The minimum atomic E-state index is 0. The Morgan fingerprint density at radius 3 is 2.12 bits per heavy atom. The molecular formula is C26H36ClN2O5-. The first-order valence-electron chi connectivity index (χ1n) is 11.4. The number of likely N-dealkylation sites (N-methyl/N-ethyl adjacent to an activating group) is 1. The fraction of sp³-hybridized carbons (Fsp3) is 0.500. The predicted molar refractivity (Wildman–Crippen MR) is 129 cm³/mol. The fourth-order valence-corrected chi connectivity index (χ4v) is 4.25. The first-order chi connectivity index (χ1) is 16.0. The van der Waals surface area contributed by atoms with Crippen LogP contribution < -0.4 is 31.4 Å². The Labute approximate surface area is 209 Å². The van der Waals surface area contributed by atoms with Crippen molar-refractivity contribution in [2.24, 2.45) is 0 Å². The second-order valence-corrected chi connectivity index (χ2v) is 8.38. The van der Waals surface area contributed by atoms with Crippen molar-refractivity contribution in [2.45, 2.75) is 25.7 Å². The summed E-state index contributed by atoms with van der Waals surface area (Å²) in [6, 6.07) is 10.0. The molecule has 0 radical (unpaired) electrons. The van der Waals surface area contributed by atoms with E-state index in [4.69, 9.17) is 18.9 Å². The maximum Gasteiger partial charge on any atom is 0.227 e. The molecule has 1 amide bonds. The Bertz CT molecular complexity index is 953. The number of fused-ring (bicyclic) bond motifs is 1. The average molecular weight is 492 g/mol. The normalized spacial score (nSPS) is 13.1. The van der Waals surface area contributed by atoms with E-state index in [2.05, 4.69) is 18.0 Å². The molecule has 1 aliphatic rings. The van der Waals surface area contributed by atoms with Crippen molar-refractivity contribution in [1.29, 1.82) is 0 Å². The van der Waals surface area contributed by atoms with E-state index in [9.17, 15) is 4.79 Å². The molecule has 0 atom stereocenters. The maximum atomic E-state index is 12.8. The van der Waals surface area contributed by atoms with Crippen LogP contribution in [0.25, 0.3) is 0 Å². The zero-order valence-corrected chi connectivity index (χ0v) is 21.6. The van der Waals surface area contributed by atoms with Gasteiger partial charge in [-0.2, -0.15) is 0 Å². The van der Waals surface area contributed by atoms with Gasteiger partial charge in [-0.3, -0.25) is 4.79 Å². The zero-order chi connectivity index (χ0) is 23.8. The van der Waals surface area contributed by atoms with Crippen molar-refractivity contribution in [3.05, 3.63) is 47.0 Å². The van der Waals surface area contributed by atoms with Crippen molar-refractivity contribution in [2.75, 3.05) is 61.7 Å². The van der Waals surface area contributed by atoms with Crippen LogP contribution in [-0.4, -0.2) is 77.4 Å². The van der Waals surface area contributed by atoms with Crippen molar-refractivity contribution >= 4 is 5.91 Å². The summed E-state index contributed by atoms with van der Waals surface area (Å²) in [6.45, 7) is 3.37. The number of ether oxygens (including phenoxy) is 4.